The highest BCUT2D eigenvalue weighted by atomic mass is 14.3. The van der Waals surface area contributed by atoms with Crippen LogP contribution in [0.4, 0.5) is 0 Å². The van der Waals surface area contributed by atoms with E-state index in [0.717, 1.165) is 23.7 Å². The van der Waals surface area contributed by atoms with Crippen molar-refractivity contribution in [2.45, 2.75) is 117 Å². The lowest BCUT2D eigenvalue weighted by Crippen LogP contribution is -2.18. The molecule has 0 aromatic rings. The quantitative estimate of drug-likeness (QED) is 0.278. The van der Waals surface area contributed by atoms with E-state index in [-0.39, 0.29) is 0 Å². The lowest BCUT2D eigenvalue weighted by Gasteiger charge is -2.30. The van der Waals surface area contributed by atoms with Crippen LogP contribution in [0.2, 0.25) is 0 Å². The van der Waals surface area contributed by atoms with E-state index in [1.165, 1.54) is 103 Å². The molecule has 0 nitrogen and oxygen atoms in total. The van der Waals surface area contributed by atoms with Crippen LogP contribution in [0, 0.1) is 23.7 Å². The minimum absolute atomic E-state index is 0.912. The van der Waals surface area contributed by atoms with Crippen LogP contribution in [0.3, 0.4) is 0 Å². The van der Waals surface area contributed by atoms with Gasteiger partial charge in [0.05, 0.1) is 0 Å². The first kappa shape index (κ1) is 20.1. The first-order valence-electron chi connectivity index (χ1n) is 11.5. The Morgan fingerprint density at radius 2 is 1.38 bits per heavy atom. The van der Waals surface area contributed by atoms with Crippen molar-refractivity contribution < 1.29 is 0 Å². The molecule has 0 saturated heterocycles. The fourth-order valence-electron chi connectivity index (χ4n) is 5.34. The highest BCUT2D eigenvalue weighted by Crippen LogP contribution is 2.37. The van der Waals surface area contributed by atoms with Crippen molar-refractivity contribution in [3.8, 4) is 0 Å². The number of allylic oxidation sites excluding steroid dienone is 2. The van der Waals surface area contributed by atoms with Crippen molar-refractivity contribution in [2.75, 3.05) is 0 Å². The smallest absolute Gasteiger partial charge is 0.0205 e. The molecule has 0 radical (unpaired) electrons. The fourth-order valence-corrected chi connectivity index (χ4v) is 5.34. The second kappa shape index (κ2) is 12.2. The van der Waals surface area contributed by atoms with E-state index in [9.17, 15) is 0 Å². The molecule has 0 heteroatoms. The molecule has 0 aliphatic heterocycles. The highest BCUT2D eigenvalue weighted by molar-refractivity contribution is 4.93. The summed E-state index contributed by atoms with van der Waals surface area (Å²) in [7, 11) is 0. The number of rotatable bonds is 10. The summed E-state index contributed by atoms with van der Waals surface area (Å²) in [5.74, 6) is 4.07. The molecule has 0 amide bonds. The maximum absolute atomic E-state index is 2.59. The van der Waals surface area contributed by atoms with E-state index >= 15 is 0 Å². The Morgan fingerprint density at radius 1 is 0.708 bits per heavy atom. The summed E-state index contributed by atoms with van der Waals surface area (Å²) in [5.41, 5.74) is 0. The average molecular weight is 333 g/mol. The zero-order valence-corrected chi connectivity index (χ0v) is 16.8. The van der Waals surface area contributed by atoms with Crippen molar-refractivity contribution in [3.05, 3.63) is 12.2 Å². The summed E-state index contributed by atoms with van der Waals surface area (Å²) in [4.78, 5) is 0. The van der Waals surface area contributed by atoms with E-state index < -0.39 is 0 Å². The Morgan fingerprint density at radius 3 is 2.08 bits per heavy atom. The van der Waals surface area contributed by atoms with Gasteiger partial charge in [0.15, 0.2) is 0 Å². The Kier molecular flexibility index (Phi) is 10.2. The average Bonchev–Trinajstić information content (AvgIpc) is 2.62. The Balaban J connectivity index is 1.59. The molecule has 2 aliphatic rings. The molecule has 140 valence electrons. The van der Waals surface area contributed by atoms with Crippen molar-refractivity contribution in [3.63, 3.8) is 0 Å². The fraction of sp³-hybridized carbons (Fsp3) is 0.917. The molecule has 2 atom stereocenters. The largest absolute Gasteiger partial charge is 0.0883 e. The van der Waals surface area contributed by atoms with Crippen molar-refractivity contribution in [2.24, 2.45) is 23.7 Å². The third kappa shape index (κ3) is 7.32. The summed E-state index contributed by atoms with van der Waals surface area (Å²) < 4.78 is 0. The molecular weight excluding hydrogens is 288 g/mol. The predicted molar refractivity (Wildman–Crippen MR) is 108 cm³/mol. The first-order valence-corrected chi connectivity index (χ1v) is 11.5. The standard InChI is InChI=1S/C24H44/c1-3-5-6-13-23-15-9-10-16-24(23)14-8-7-12-22-19-17-21(11-4-2)18-20-22/h6,13,21-24H,3-5,7-12,14-20H2,1-2H3/t21-,22-,23?,24?. The number of hydrogen-bond acceptors (Lipinski definition) is 0. The molecule has 0 N–H and O–H groups in total. The van der Waals surface area contributed by atoms with Gasteiger partial charge in [0.25, 0.3) is 0 Å². The van der Waals surface area contributed by atoms with Crippen LogP contribution in [0.5, 0.6) is 0 Å². The maximum Gasteiger partial charge on any atom is -0.0205 e. The lowest BCUT2D eigenvalue weighted by molar-refractivity contribution is 0.235. The Labute approximate surface area is 152 Å². The molecule has 0 bridgehead atoms. The van der Waals surface area contributed by atoms with Crippen molar-refractivity contribution in [1.82, 2.24) is 0 Å². The Bertz CT molecular complexity index is 321. The molecule has 2 fully saturated rings. The third-order valence-electron chi connectivity index (χ3n) is 6.91. The summed E-state index contributed by atoms with van der Waals surface area (Å²) in [6.45, 7) is 4.64. The monoisotopic (exact) mass is 332 g/mol. The van der Waals surface area contributed by atoms with E-state index in [1.54, 1.807) is 0 Å². The van der Waals surface area contributed by atoms with E-state index in [4.69, 9.17) is 0 Å². The van der Waals surface area contributed by atoms with Crippen LogP contribution < -0.4 is 0 Å². The summed E-state index contributed by atoms with van der Waals surface area (Å²) in [6.07, 6.45) is 28.6. The zero-order chi connectivity index (χ0) is 17.0. The van der Waals surface area contributed by atoms with Gasteiger partial charge in [-0.1, -0.05) is 103 Å². The highest BCUT2D eigenvalue weighted by Gasteiger charge is 2.23. The molecule has 2 saturated carbocycles. The van der Waals surface area contributed by atoms with E-state index in [0.29, 0.717) is 0 Å². The topological polar surface area (TPSA) is 0 Å². The molecule has 0 spiro atoms. The van der Waals surface area contributed by atoms with Gasteiger partial charge in [-0.15, -0.1) is 0 Å². The lowest BCUT2D eigenvalue weighted by atomic mass is 9.75. The molecule has 2 aliphatic carbocycles. The molecule has 0 aromatic carbocycles. The molecule has 2 unspecified atom stereocenters. The normalized spacial score (nSPS) is 31.6. The SMILES string of the molecule is CCCC=CC1CCCCC1CCCC[C@H]1CC[C@H](CCC)CC1. The van der Waals surface area contributed by atoms with Crippen LogP contribution in [0.1, 0.15) is 117 Å². The second-order valence-electron chi connectivity index (χ2n) is 8.89. The van der Waals surface area contributed by atoms with Crippen molar-refractivity contribution in [1.29, 1.82) is 0 Å². The summed E-state index contributed by atoms with van der Waals surface area (Å²) in [6, 6.07) is 0. The summed E-state index contributed by atoms with van der Waals surface area (Å²) >= 11 is 0. The van der Waals surface area contributed by atoms with Crippen LogP contribution in [-0.4, -0.2) is 0 Å². The molecule has 24 heavy (non-hydrogen) atoms. The van der Waals surface area contributed by atoms with Crippen LogP contribution in [0.15, 0.2) is 12.2 Å². The molecule has 2 rings (SSSR count). The van der Waals surface area contributed by atoms with Crippen LogP contribution in [-0.2, 0) is 0 Å². The van der Waals surface area contributed by atoms with Gasteiger partial charge in [-0.05, 0) is 49.4 Å². The Hall–Kier alpha value is -0.260. The van der Waals surface area contributed by atoms with Gasteiger partial charge in [0.1, 0.15) is 0 Å². The van der Waals surface area contributed by atoms with Gasteiger partial charge in [0, 0.05) is 0 Å². The molecule has 0 aromatic heterocycles. The van der Waals surface area contributed by atoms with Crippen molar-refractivity contribution >= 4 is 0 Å². The van der Waals surface area contributed by atoms with Crippen LogP contribution >= 0.6 is 0 Å². The summed E-state index contributed by atoms with van der Waals surface area (Å²) in [5, 5.41) is 0. The molecular formula is C24H44. The van der Waals surface area contributed by atoms with Gasteiger partial charge < -0.3 is 0 Å². The maximum atomic E-state index is 2.59. The van der Waals surface area contributed by atoms with Gasteiger partial charge in [-0.2, -0.15) is 0 Å². The van der Waals surface area contributed by atoms with Crippen LogP contribution in [0.25, 0.3) is 0 Å². The van der Waals surface area contributed by atoms with E-state index in [1.807, 2.05) is 0 Å². The van der Waals surface area contributed by atoms with Gasteiger partial charge in [-0.25, -0.2) is 0 Å². The van der Waals surface area contributed by atoms with Gasteiger partial charge in [0.2, 0.25) is 0 Å². The van der Waals surface area contributed by atoms with Gasteiger partial charge >= 0.3 is 0 Å². The van der Waals surface area contributed by atoms with Gasteiger partial charge in [-0.3, -0.25) is 0 Å². The minimum Gasteiger partial charge on any atom is -0.0883 e. The number of hydrogen-bond donors (Lipinski definition) is 0. The zero-order valence-electron chi connectivity index (χ0n) is 16.8. The van der Waals surface area contributed by atoms with E-state index in [2.05, 4.69) is 26.0 Å². The number of unbranched alkanes of at least 4 members (excludes halogenated alkanes) is 2. The first-order chi connectivity index (χ1) is 11.8. The third-order valence-corrected chi connectivity index (χ3v) is 6.91. The minimum atomic E-state index is 0.912. The second-order valence-corrected chi connectivity index (χ2v) is 8.89. The predicted octanol–water partition coefficient (Wildman–Crippen LogP) is 8.32. The molecule has 0 heterocycles.